The molecule has 1 aromatic heterocycles. The number of halogens is 2. The first-order valence-corrected chi connectivity index (χ1v) is 9.27. The van der Waals surface area contributed by atoms with Crippen LogP contribution in [0.1, 0.15) is 45.9 Å². The molecular weight excluding hydrogens is 351 g/mol. The van der Waals surface area contributed by atoms with Crippen molar-refractivity contribution < 1.29 is 4.79 Å². The lowest BCUT2D eigenvalue weighted by atomic mass is 9.88. The Morgan fingerprint density at radius 3 is 2.70 bits per heavy atom. The first-order valence-electron chi connectivity index (χ1n) is 7.70. The van der Waals surface area contributed by atoms with Crippen LogP contribution >= 0.6 is 34.5 Å². The van der Waals surface area contributed by atoms with Crippen molar-refractivity contribution in [2.45, 2.75) is 32.4 Å². The van der Waals surface area contributed by atoms with Gasteiger partial charge >= 0.3 is 0 Å². The normalized spacial score (nSPS) is 22.8. The van der Waals surface area contributed by atoms with Crippen molar-refractivity contribution in [3.63, 3.8) is 0 Å². The average molecular weight is 367 g/mol. The zero-order chi connectivity index (χ0) is 16.1. The molecule has 0 saturated heterocycles. The Kier molecular flexibility index (Phi) is 3.79. The quantitative estimate of drug-likeness (QED) is 0.742. The number of amides is 1. The summed E-state index contributed by atoms with van der Waals surface area (Å²) in [7, 11) is 0. The van der Waals surface area contributed by atoms with E-state index in [2.05, 4.69) is 17.6 Å². The molecule has 2 N–H and O–H groups in total. The maximum atomic E-state index is 12.7. The summed E-state index contributed by atoms with van der Waals surface area (Å²) in [6.07, 6.45) is 2.78. The number of thiophene rings is 1. The molecule has 120 valence electrons. The van der Waals surface area contributed by atoms with Crippen molar-refractivity contribution in [3.8, 4) is 0 Å². The van der Waals surface area contributed by atoms with Crippen LogP contribution in [0, 0.1) is 5.92 Å². The highest BCUT2D eigenvalue weighted by Crippen LogP contribution is 2.43. The van der Waals surface area contributed by atoms with Gasteiger partial charge < -0.3 is 10.6 Å². The van der Waals surface area contributed by atoms with Gasteiger partial charge in [-0.2, -0.15) is 0 Å². The zero-order valence-corrected chi connectivity index (χ0v) is 14.9. The molecule has 0 radical (unpaired) electrons. The highest BCUT2D eigenvalue weighted by Gasteiger charge is 2.34. The standard InChI is InChI=1S/C17H16Cl2N2OS/c1-8-5-6-9-12(7-8)23-17-13(9)16(22)20-15(21-17)14-10(18)3-2-4-11(14)19/h2-4,8,15,21H,5-7H2,1H3,(H,20,22)/t8-,15-/m1/s1. The van der Waals surface area contributed by atoms with Crippen LogP contribution in [-0.2, 0) is 12.8 Å². The monoisotopic (exact) mass is 366 g/mol. The molecule has 0 bridgehead atoms. The molecule has 1 aliphatic carbocycles. The van der Waals surface area contributed by atoms with E-state index in [1.165, 1.54) is 10.4 Å². The van der Waals surface area contributed by atoms with Gasteiger partial charge in [-0.05, 0) is 42.9 Å². The number of carbonyl (C=O) groups is 1. The Labute approximate surface area is 149 Å². The molecule has 2 heterocycles. The summed E-state index contributed by atoms with van der Waals surface area (Å²) >= 11 is 14.3. The van der Waals surface area contributed by atoms with Crippen LogP contribution in [0.3, 0.4) is 0 Å². The van der Waals surface area contributed by atoms with Gasteiger partial charge in [0.05, 0.1) is 5.56 Å². The van der Waals surface area contributed by atoms with Gasteiger partial charge in [-0.25, -0.2) is 0 Å². The van der Waals surface area contributed by atoms with Crippen LogP contribution in [0.15, 0.2) is 18.2 Å². The second-order valence-electron chi connectivity index (χ2n) is 6.24. The largest absolute Gasteiger partial charge is 0.353 e. The van der Waals surface area contributed by atoms with Crippen molar-refractivity contribution in [2.75, 3.05) is 5.32 Å². The van der Waals surface area contributed by atoms with Crippen LogP contribution in [0.5, 0.6) is 0 Å². The fourth-order valence-corrected chi connectivity index (χ4v) is 5.45. The van der Waals surface area contributed by atoms with Crippen molar-refractivity contribution >= 4 is 45.4 Å². The lowest BCUT2D eigenvalue weighted by Gasteiger charge is -2.28. The summed E-state index contributed by atoms with van der Waals surface area (Å²) in [5.74, 6) is 0.645. The molecule has 1 aromatic carbocycles. The Balaban J connectivity index is 1.75. The first kappa shape index (κ1) is 15.3. The first-order chi connectivity index (χ1) is 11.0. The summed E-state index contributed by atoms with van der Waals surface area (Å²) in [5, 5.41) is 8.46. The number of fused-ring (bicyclic) bond motifs is 3. The number of anilines is 1. The zero-order valence-electron chi connectivity index (χ0n) is 12.6. The van der Waals surface area contributed by atoms with Gasteiger partial charge in [0.15, 0.2) is 0 Å². The van der Waals surface area contributed by atoms with E-state index in [0.717, 1.165) is 35.4 Å². The predicted molar refractivity (Wildman–Crippen MR) is 95.8 cm³/mol. The smallest absolute Gasteiger partial charge is 0.256 e. The predicted octanol–water partition coefficient (Wildman–Crippen LogP) is 5.03. The third kappa shape index (κ3) is 2.53. The minimum Gasteiger partial charge on any atom is -0.353 e. The Bertz CT molecular complexity index is 782. The van der Waals surface area contributed by atoms with Crippen LogP contribution < -0.4 is 10.6 Å². The maximum absolute atomic E-state index is 12.7. The fourth-order valence-electron chi connectivity index (χ4n) is 3.39. The van der Waals surface area contributed by atoms with E-state index in [-0.39, 0.29) is 5.91 Å². The summed E-state index contributed by atoms with van der Waals surface area (Å²) in [4.78, 5) is 14.0. The molecule has 4 rings (SSSR count). The molecule has 0 unspecified atom stereocenters. The van der Waals surface area contributed by atoms with Crippen molar-refractivity contribution in [3.05, 3.63) is 49.8 Å². The van der Waals surface area contributed by atoms with Crippen molar-refractivity contribution in [1.29, 1.82) is 0 Å². The third-order valence-corrected chi connectivity index (χ3v) is 6.42. The van der Waals surface area contributed by atoms with Gasteiger partial charge in [0.1, 0.15) is 11.2 Å². The minimum atomic E-state index is -0.395. The van der Waals surface area contributed by atoms with E-state index in [0.29, 0.717) is 16.0 Å². The highest BCUT2D eigenvalue weighted by molar-refractivity contribution is 7.16. The molecular formula is C17H16Cl2N2OS. The molecule has 2 aliphatic rings. The van der Waals surface area contributed by atoms with Crippen molar-refractivity contribution in [2.24, 2.45) is 5.92 Å². The second kappa shape index (κ2) is 5.69. The number of nitrogens with one attached hydrogen (secondary N) is 2. The minimum absolute atomic E-state index is 0.0354. The molecule has 6 heteroatoms. The van der Waals surface area contributed by atoms with Gasteiger partial charge in [-0.3, -0.25) is 4.79 Å². The molecule has 2 aromatic rings. The van der Waals surface area contributed by atoms with E-state index in [9.17, 15) is 4.79 Å². The molecule has 23 heavy (non-hydrogen) atoms. The van der Waals surface area contributed by atoms with Gasteiger partial charge in [0.2, 0.25) is 0 Å². The summed E-state index contributed by atoms with van der Waals surface area (Å²) < 4.78 is 0. The number of hydrogen-bond donors (Lipinski definition) is 2. The lowest BCUT2D eigenvalue weighted by molar-refractivity contribution is 0.0935. The molecule has 0 spiro atoms. The van der Waals surface area contributed by atoms with E-state index < -0.39 is 6.17 Å². The Morgan fingerprint density at radius 1 is 1.22 bits per heavy atom. The molecule has 0 fully saturated rings. The number of carbonyl (C=O) groups excluding carboxylic acids is 1. The van der Waals surface area contributed by atoms with Crippen LogP contribution in [0.25, 0.3) is 0 Å². The Morgan fingerprint density at radius 2 is 1.96 bits per heavy atom. The van der Waals surface area contributed by atoms with Gasteiger partial charge in [-0.15, -0.1) is 11.3 Å². The van der Waals surface area contributed by atoms with Gasteiger partial charge in [0.25, 0.3) is 5.91 Å². The molecule has 0 saturated carbocycles. The average Bonchev–Trinajstić information content (AvgIpc) is 2.84. The number of benzene rings is 1. The van der Waals surface area contributed by atoms with Crippen LogP contribution in [0.4, 0.5) is 5.00 Å². The van der Waals surface area contributed by atoms with E-state index in [1.807, 2.05) is 0 Å². The van der Waals surface area contributed by atoms with Crippen LogP contribution in [-0.4, -0.2) is 5.91 Å². The third-order valence-electron chi connectivity index (χ3n) is 4.58. The van der Waals surface area contributed by atoms with Crippen molar-refractivity contribution in [1.82, 2.24) is 5.32 Å². The fraction of sp³-hybridized carbons (Fsp3) is 0.353. The van der Waals surface area contributed by atoms with E-state index in [1.54, 1.807) is 29.5 Å². The van der Waals surface area contributed by atoms with E-state index in [4.69, 9.17) is 23.2 Å². The number of hydrogen-bond acceptors (Lipinski definition) is 3. The summed E-state index contributed by atoms with van der Waals surface area (Å²) in [6, 6.07) is 5.37. The summed E-state index contributed by atoms with van der Waals surface area (Å²) in [5.41, 5.74) is 2.75. The van der Waals surface area contributed by atoms with Crippen LogP contribution in [0.2, 0.25) is 10.0 Å². The topological polar surface area (TPSA) is 41.1 Å². The van der Waals surface area contributed by atoms with Gasteiger partial charge in [-0.1, -0.05) is 36.2 Å². The van der Waals surface area contributed by atoms with Gasteiger partial charge in [0, 0.05) is 20.5 Å². The van der Waals surface area contributed by atoms with E-state index >= 15 is 0 Å². The molecule has 1 amide bonds. The summed E-state index contributed by atoms with van der Waals surface area (Å²) in [6.45, 7) is 2.27. The molecule has 3 nitrogen and oxygen atoms in total. The molecule has 2 atom stereocenters. The Hall–Kier alpha value is -1.23. The second-order valence-corrected chi connectivity index (χ2v) is 8.16. The number of rotatable bonds is 1. The highest BCUT2D eigenvalue weighted by atomic mass is 35.5. The molecule has 1 aliphatic heterocycles. The SMILES string of the molecule is C[C@@H]1CCc2c(sc3c2C(=O)N[C@@H](c2c(Cl)cccc2Cl)N3)C1. The lowest BCUT2D eigenvalue weighted by Crippen LogP contribution is -2.38. The maximum Gasteiger partial charge on any atom is 0.256 e.